The Morgan fingerprint density at radius 1 is 1.18 bits per heavy atom. The molecule has 1 atom stereocenters. The second-order valence-corrected chi connectivity index (χ2v) is 10.5. The fourth-order valence-electron chi connectivity index (χ4n) is 5.58. The first-order chi connectivity index (χ1) is 18.3. The van der Waals surface area contributed by atoms with E-state index in [9.17, 15) is 4.79 Å². The molecule has 9 nitrogen and oxygen atoms in total. The number of hydrazine groups is 1. The zero-order valence-electron chi connectivity index (χ0n) is 23.1. The first kappa shape index (κ1) is 27.6. The maximum absolute atomic E-state index is 12.7. The molecule has 1 aliphatic carbocycles. The molecule has 0 spiro atoms. The Hall–Kier alpha value is -3.46. The summed E-state index contributed by atoms with van der Waals surface area (Å²) in [5, 5.41) is 14.2. The van der Waals surface area contributed by atoms with Crippen molar-refractivity contribution in [2.45, 2.75) is 78.2 Å². The average Bonchev–Trinajstić information content (AvgIpc) is 3.32. The van der Waals surface area contributed by atoms with Crippen LogP contribution in [0.2, 0.25) is 0 Å². The molecule has 9 heteroatoms. The average molecular weight is 520 g/mol. The SMILES string of the molecule is CCOC(=O)CC(c1ccc(C)c(Cc2nnnn2CC2CCCCC2)c1)c1ccc(N(C)N)c(N)c1C. The van der Waals surface area contributed by atoms with Gasteiger partial charge in [0.2, 0.25) is 0 Å². The van der Waals surface area contributed by atoms with Gasteiger partial charge in [0.05, 0.1) is 24.4 Å². The van der Waals surface area contributed by atoms with Crippen LogP contribution in [-0.4, -0.2) is 39.8 Å². The number of tetrazole rings is 1. The molecule has 1 saturated carbocycles. The molecule has 0 amide bonds. The van der Waals surface area contributed by atoms with Gasteiger partial charge in [-0.2, -0.15) is 0 Å². The smallest absolute Gasteiger partial charge is 0.306 e. The molecule has 204 valence electrons. The summed E-state index contributed by atoms with van der Waals surface area (Å²) in [5.41, 5.74) is 13.0. The van der Waals surface area contributed by atoms with Crippen LogP contribution in [0.25, 0.3) is 0 Å². The Labute approximate surface area is 225 Å². The molecular formula is C29H41N7O2. The molecule has 38 heavy (non-hydrogen) atoms. The predicted molar refractivity (Wildman–Crippen MR) is 150 cm³/mol. The lowest BCUT2D eigenvalue weighted by Crippen LogP contribution is -2.26. The number of aryl methyl sites for hydroxylation is 1. The number of hydrogen-bond acceptors (Lipinski definition) is 8. The van der Waals surface area contributed by atoms with E-state index in [1.54, 1.807) is 7.05 Å². The summed E-state index contributed by atoms with van der Waals surface area (Å²) in [4.78, 5) is 12.7. The normalized spacial score (nSPS) is 14.9. The number of ether oxygens (including phenoxy) is 1. The standard InChI is InChI=1S/C29H41N7O2/c1-5-38-28(37)17-25(24-13-14-26(35(4)31)29(30)20(24)3)22-12-11-19(2)23(15-22)16-27-32-33-34-36(27)18-21-9-7-6-8-10-21/h11-15,21,25H,5-10,16-18,30-31H2,1-4H3. The maximum Gasteiger partial charge on any atom is 0.306 e. The monoisotopic (exact) mass is 519 g/mol. The minimum atomic E-state index is -0.242. The highest BCUT2D eigenvalue weighted by molar-refractivity contribution is 5.75. The molecule has 1 heterocycles. The molecule has 0 radical (unpaired) electrons. The van der Waals surface area contributed by atoms with Crippen molar-refractivity contribution in [2.24, 2.45) is 11.8 Å². The number of nitrogen functional groups attached to an aromatic ring is 1. The predicted octanol–water partition coefficient (Wildman–Crippen LogP) is 4.44. The Morgan fingerprint density at radius 2 is 1.95 bits per heavy atom. The van der Waals surface area contributed by atoms with E-state index in [-0.39, 0.29) is 18.3 Å². The fraction of sp³-hybridized carbons (Fsp3) is 0.517. The van der Waals surface area contributed by atoms with Crippen molar-refractivity contribution in [3.63, 3.8) is 0 Å². The molecule has 4 rings (SSSR count). The van der Waals surface area contributed by atoms with Crippen LogP contribution in [0, 0.1) is 19.8 Å². The number of rotatable bonds is 10. The van der Waals surface area contributed by atoms with E-state index in [1.807, 2.05) is 30.7 Å². The van der Waals surface area contributed by atoms with E-state index >= 15 is 0 Å². The number of nitrogens with zero attached hydrogens (tertiary/aromatic N) is 5. The molecule has 0 bridgehead atoms. The third-order valence-corrected chi connectivity index (χ3v) is 7.85. The van der Waals surface area contributed by atoms with Crippen LogP contribution in [0.4, 0.5) is 11.4 Å². The van der Waals surface area contributed by atoms with Crippen LogP contribution in [0.1, 0.15) is 85.0 Å². The number of benzene rings is 2. The van der Waals surface area contributed by atoms with Gasteiger partial charge in [0.25, 0.3) is 0 Å². The number of hydrogen-bond donors (Lipinski definition) is 2. The van der Waals surface area contributed by atoms with E-state index in [2.05, 4.69) is 40.6 Å². The number of carbonyl (C=O) groups is 1. The zero-order chi connectivity index (χ0) is 27.2. The molecule has 2 aromatic carbocycles. The van der Waals surface area contributed by atoms with E-state index in [1.165, 1.54) is 37.1 Å². The zero-order valence-corrected chi connectivity index (χ0v) is 23.1. The number of nitrogens with two attached hydrogens (primary N) is 2. The van der Waals surface area contributed by atoms with E-state index in [4.69, 9.17) is 16.3 Å². The van der Waals surface area contributed by atoms with Gasteiger partial charge in [-0.3, -0.25) is 4.79 Å². The summed E-state index contributed by atoms with van der Waals surface area (Å²) in [7, 11) is 1.76. The van der Waals surface area contributed by atoms with Crippen molar-refractivity contribution >= 4 is 17.3 Å². The fourth-order valence-corrected chi connectivity index (χ4v) is 5.58. The molecule has 4 N–H and O–H groups in total. The Balaban J connectivity index is 1.66. The molecule has 1 unspecified atom stereocenters. The van der Waals surface area contributed by atoms with Crippen molar-refractivity contribution in [1.29, 1.82) is 0 Å². The highest BCUT2D eigenvalue weighted by atomic mass is 16.5. The first-order valence-corrected chi connectivity index (χ1v) is 13.7. The number of aromatic nitrogens is 4. The van der Waals surface area contributed by atoms with Gasteiger partial charge in [-0.05, 0) is 83.8 Å². The quantitative estimate of drug-likeness (QED) is 0.174. The van der Waals surface area contributed by atoms with E-state index < -0.39 is 0 Å². The summed E-state index contributed by atoms with van der Waals surface area (Å²) < 4.78 is 7.32. The van der Waals surface area contributed by atoms with Crippen LogP contribution in [0.15, 0.2) is 30.3 Å². The van der Waals surface area contributed by atoms with E-state index in [0.29, 0.717) is 24.6 Å². The number of carbonyl (C=O) groups excluding carboxylic acids is 1. The third-order valence-electron chi connectivity index (χ3n) is 7.85. The molecule has 1 fully saturated rings. The third kappa shape index (κ3) is 6.32. The summed E-state index contributed by atoms with van der Waals surface area (Å²) in [6.07, 6.45) is 7.23. The van der Waals surface area contributed by atoms with Gasteiger partial charge in [-0.1, -0.05) is 43.5 Å². The summed E-state index contributed by atoms with van der Waals surface area (Å²) >= 11 is 0. The van der Waals surface area contributed by atoms with Gasteiger partial charge >= 0.3 is 5.97 Å². The second kappa shape index (κ2) is 12.4. The van der Waals surface area contributed by atoms with Gasteiger partial charge in [-0.25, -0.2) is 10.5 Å². The first-order valence-electron chi connectivity index (χ1n) is 13.7. The minimum Gasteiger partial charge on any atom is -0.466 e. The lowest BCUT2D eigenvalue weighted by molar-refractivity contribution is -0.143. The lowest BCUT2D eigenvalue weighted by atomic mass is 9.83. The Morgan fingerprint density at radius 3 is 2.66 bits per heavy atom. The van der Waals surface area contributed by atoms with Crippen molar-refractivity contribution in [2.75, 3.05) is 24.4 Å². The lowest BCUT2D eigenvalue weighted by Gasteiger charge is -2.24. The van der Waals surface area contributed by atoms with Crippen LogP contribution >= 0.6 is 0 Å². The molecule has 0 saturated heterocycles. The van der Waals surface area contributed by atoms with Crippen LogP contribution in [0.5, 0.6) is 0 Å². The highest BCUT2D eigenvalue weighted by Gasteiger charge is 2.24. The molecular weight excluding hydrogens is 478 g/mol. The van der Waals surface area contributed by atoms with Crippen LogP contribution in [0.3, 0.4) is 0 Å². The van der Waals surface area contributed by atoms with Gasteiger partial charge in [0, 0.05) is 25.9 Å². The maximum atomic E-state index is 12.7. The molecule has 0 aliphatic heterocycles. The number of anilines is 2. The largest absolute Gasteiger partial charge is 0.466 e. The summed E-state index contributed by atoms with van der Waals surface area (Å²) in [6, 6.07) is 10.3. The van der Waals surface area contributed by atoms with Gasteiger partial charge in [0.15, 0.2) is 5.82 Å². The Bertz CT molecular complexity index is 1250. The van der Waals surface area contributed by atoms with Crippen molar-refractivity contribution < 1.29 is 9.53 Å². The highest BCUT2D eigenvalue weighted by Crippen LogP contribution is 2.37. The second-order valence-electron chi connectivity index (χ2n) is 10.5. The Kier molecular flexibility index (Phi) is 8.99. The van der Waals surface area contributed by atoms with Gasteiger partial charge in [-0.15, -0.1) is 5.10 Å². The van der Waals surface area contributed by atoms with Gasteiger partial charge in [0.1, 0.15) is 0 Å². The van der Waals surface area contributed by atoms with Crippen molar-refractivity contribution in [1.82, 2.24) is 20.2 Å². The molecule has 3 aromatic rings. The minimum absolute atomic E-state index is 0.216. The van der Waals surface area contributed by atoms with Gasteiger partial charge < -0.3 is 15.5 Å². The summed E-state index contributed by atoms with van der Waals surface area (Å²) in [6.45, 7) is 7.11. The topological polar surface area (TPSA) is 125 Å². The molecule has 1 aromatic heterocycles. The number of esters is 1. The molecule has 1 aliphatic rings. The van der Waals surface area contributed by atoms with Crippen molar-refractivity contribution in [3.8, 4) is 0 Å². The van der Waals surface area contributed by atoms with Crippen LogP contribution < -0.4 is 16.6 Å². The van der Waals surface area contributed by atoms with Crippen LogP contribution in [-0.2, 0) is 22.5 Å². The van der Waals surface area contributed by atoms with E-state index in [0.717, 1.165) is 45.9 Å². The summed E-state index contributed by atoms with van der Waals surface area (Å²) in [5.74, 6) is 7.02. The van der Waals surface area contributed by atoms with Crippen molar-refractivity contribution in [3.05, 3.63) is 64.0 Å².